The molecular formula is C18H13NO2. The molecule has 0 atom stereocenters. The van der Waals surface area contributed by atoms with Gasteiger partial charge in [0.2, 0.25) is 0 Å². The third-order valence-electron chi connectivity index (χ3n) is 3.24. The van der Waals surface area contributed by atoms with Crippen LogP contribution in [0.15, 0.2) is 60.8 Å². The number of rotatable bonds is 3. The summed E-state index contributed by atoms with van der Waals surface area (Å²) in [7, 11) is 0. The Morgan fingerprint density at radius 1 is 0.952 bits per heavy atom. The van der Waals surface area contributed by atoms with Crippen LogP contribution >= 0.6 is 0 Å². The van der Waals surface area contributed by atoms with Gasteiger partial charge in [0.1, 0.15) is 0 Å². The van der Waals surface area contributed by atoms with Gasteiger partial charge in [0.15, 0.2) is 0 Å². The number of aromatic nitrogens is 1. The summed E-state index contributed by atoms with van der Waals surface area (Å²) in [5, 5.41) is 9.96. The van der Waals surface area contributed by atoms with E-state index in [9.17, 15) is 4.79 Å². The Morgan fingerprint density at radius 2 is 1.67 bits per heavy atom. The summed E-state index contributed by atoms with van der Waals surface area (Å²) in [6.07, 6.45) is 5.73. The Balaban J connectivity index is 1.85. The van der Waals surface area contributed by atoms with Crippen molar-refractivity contribution < 1.29 is 9.90 Å². The third kappa shape index (κ3) is 2.98. The fourth-order valence-electron chi connectivity index (χ4n) is 2.11. The zero-order chi connectivity index (χ0) is 14.7. The SMILES string of the molecule is O=C(O)c1ccc(/C=C/c2cnc3ccccc3c2)cc1. The van der Waals surface area contributed by atoms with Crippen LogP contribution in [0, 0.1) is 0 Å². The monoisotopic (exact) mass is 275 g/mol. The minimum atomic E-state index is -0.913. The molecule has 3 aromatic rings. The fraction of sp³-hybridized carbons (Fsp3) is 0. The average Bonchev–Trinajstić information content (AvgIpc) is 2.53. The van der Waals surface area contributed by atoms with E-state index < -0.39 is 5.97 Å². The molecule has 0 saturated carbocycles. The van der Waals surface area contributed by atoms with Crippen molar-refractivity contribution in [3.63, 3.8) is 0 Å². The van der Waals surface area contributed by atoms with E-state index in [1.807, 2.05) is 42.6 Å². The number of nitrogens with zero attached hydrogens (tertiary/aromatic N) is 1. The summed E-state index contributed by atoms with van der Waals surface area (Å²) in [6, 6.07) is 16.8. The molecule has 1 aromatic heterocycles. The predicted octanol–water partition coefficient (Wildman–Crippen LogP) is 4.10. The number of hydrogen-bond acceptors (Lipinski definition) is 2. The molecule has 2 aromatic carbocycles. The maximum atomic E-state index is 10.8. The third-order valence-corrected chi connectivity index (χ3v) is 3.24. The van der Waals surface area contributed by atoms with Crippen molar-refractivity contribution in [2.45, 2.75) is 0 Å². The molecule has 0 aliphatic rings. The van der Waals surface area contributed by atoms with Crippen LogP contribution in [0.5, 0.6) is 0 Å². The van der Waals surface area contributed by atoms with Crippen molar-refractivity contribution in [1.29, 1.82) is 0 Å². The highest BCUT2D eigenvalue weighted by Gasteiger charge is 2.00. The van der Waals surface area contributed by atoms with Crippen molar-refractivity contribution >= 4 is 29.0 Å². The molecule has 21 heavy (non-hydrogen) atoms. The van der Waals surface area contributed by atoms with Crippen molar-refractivity contribution in [1.82, 2.24) is 4.98 Å². The number of hydrogen-bond donors (Lipinski definition) is 1. The summed E-state index contributed by atoms with van der Waals surface area (Å²) in [6.45, 7) is 0. The molecule has 0 spiro atoms. The quantitative estimate of drug-likeness (QED) is 0.782. The Labute approximate surface area is 122 Å². The second-order valence-corrected chi connectivity index (χ2v) is 4.72. The van der Waals surface area contributed by atoms with Gasteiger partial charge >= 0.3 is 5.97 Å². The number of benzene rings is 2. The van der Waals surface area contributed by atoms with Crippen molar-refractivity contribution in [2.75, 3.05) is 0 Å². The van der Waals surface area contributed by atoms with E-state index in [1.54, 1.807) is 24.3 Å². The lowest BCUT2D eigenvalue weighted by Gasteiger charge is -1.99. The van der Waals surface area contributed by atoms with Crippen molar-refractivity contribution in [3.05, 3.63) is 77.5 Å². The van der Waals surface area contributed by atoms with Crippen LogP contribution in [0.25, 0.3) is 23.1 Å². The van der Waals surface area contributed by atoms with Gasteiger partial charge in [-0.25, -0.2) is 4.79 Å². The van der Waals surface area contributed by atoms with Gasteiger partial charge in [0, 0.05) is 11.6 Å². The van der Waals surface area contributed by atoms with Gasteiger partial charge in [-0.3, -0.25) is 4.98 Å². The van der Waals surface area contributed by atoms with Crippen LogP contribution < -0.4 is 0 Å². The van der Waals surface area contributed by atoms with Crippen LogP contribution in [0.4, 0.5) is 0 Å². The number of carboxylic acid groups (broad SMARTS) is 1. The highest BCUT2D eigenvalue weighted by Crippen LogP contribution is 2.15. The number of pyridine rings is 1. The summed E-state index contributed by atoms with van der Waals surface area (Å²) >= 11 is 0. The lowest BCUT2D eigenvalue weighted by Crippen LogP contribution is -1.94. The zero-order valence-electron chi connectivity index (χ0n) is 11.2. The van der Waals surface area contributed by atoms with Crippen LogP contribution in [0.2, 0.25) is 0 Å². The molecule has 0 bridgehead atoms. The Morgan fingerprint density at radius 3 is 2.43 bits per heavy atom. The molecule has 1 N–H and O–H groups in total. The number of aromatic carboxylic acids is 1. The predicted molar refractivity (Wildman–Crippen MR) is 84.1 cm³/mol. The van der Waals surface area contributed by atoms with E-state index in [4.69, 9.17) is 5.11 Å². The molecular weight excluding hydrogens is 262 g/mol. The Hall–Kier alpha value is -2.94. The van der Waals surface area contributed by atoms with E-state index in [-0.39, 0.29) is 0 Å². The Bertz CT molecular complexity index is 820. The van der Waals surface area contributed by atoms with Crippen LogP contribution in [0.3, 0.4) is 0 Å². The van der Waals surface area contributed by atoms with E-state index in [2.05, 4.69) is 11.1 Å². The molecule has 0 radical (unpaired) electrons. The second-order valence-electron chi connectivity index (χ2n) is 4.72. The van der Waals surface area contributed by atoms with E-state index in [1.165, 1.54) is 0 Å². The number of carboxylic acids is 1. The summed E-state index contributed by atoms with van der Waals surface area (Å²) in [5.74, 6) is -0.913. The van der Waals surface area contributed by atoms with E-state index in [0.29, 0.717) is 5.56 Å². The van der Waals surface area contributed by atoms with Gasteiger partial charge < -0.3 is 5.11 Å². The van der Waals surface area contributed by atoms with Gasteiger partial charge in [-0.1, -0.05) is 42.5 Å². The highest BCUT2D eigenvalue weighted by atomic mass is 16.4. The van der Waals surface area contributed by atoms with Gasteiger partial charge in [0.05, 0.1) is 11.1 Å². The normalized spacial score (nSPS) is 11.0. The standard InChI is InChI=1S/C18H13NO2/c20-18(21)15-9-7-13(8-10-15)5-6-14-11-16-3-1-2-4-17(16)19-12-14/h1-12H,(H,20,21)/b6-5+. The fourth-order valence-corrected chi connectivity index (χ4v) is 2.11. The van der Waals surface area contributed by atoms with Crippen LogP contribution in [0.1, 0.15) is 21.5 Å². The lowest BCUT2D eigenvalue weighted by atomic mass is 10.1. The second kappa shape index (κ2) is 5.59. The molecule has 0 saturated heterocycles. The van der Waals surface area contributed by atoms with Crippen molar-refractivity contribution in [2.24, 2.45) is 0 Å². The first-order valence-corrected chi connectivity index (χ1v) is 6.58. The zero-order valence-corrected chi connectivity index (χ0v) is 11.2. The molecule has 0 fully saturated rings. The van der Waals surface area contributed by atoms with Gasteiger partial charge in [-0.15, -0.1) is 0 Å². The number of carbonyl (C=O) groups is 1. The largest absolute Gasteiger partial charge is 0.478 e. The summed E-state index contributed by atoms with van der Waals surface area (Å²) < 4.78 is 0. The maximum absolute atomic E-state index is 10.8. The minimum Gasteiger partial charge on any atom is -0.478 e. The highest BCUT2D eigenvalue weighted by molar-refractivity contribution is 5.88. The van der Waals surface area contributed by atoms with Gasteiger partial charge in [0.25, 0.3) is 0 Å². The summed E-state index contributed by atoms with van der Waals surface area (Å²) in [4.78, 5) is 15.2. The molecule has 102 valence electrons. The molecule has 0 unspecified atom stereocenters. The smallest absolute Gasteiger partial charge is 0.335 e. The summed E-state index contributed by atoms with van der Waals surface area (Å²) in [5.41, 5.74) is 3.23. The van der Waals surface area contributed by atoms with Crippen LogP contribution in [-0.4, -0.2) is 16.1 Å². The molecule has 3 nitrogen and oxygen atoms in total. The molecule has 3 rings (SSSR count). The topological polar surface area (TPSA) is 50.2 Å². The average molecular weight is 275 g/mol. The van der Waals surface area contributed by atoms with Crippen molar-refractivity contribution in [3.8, 4) is 0 Å². The molecule has 0 amide bonds. The van der Waals surface area contributed by atoms with Gasteiger partial charge in [-0.2, -0.15) is 0 Å². The molecule has 1 heterocycles. The van der Waals surface area contributed by atoms with Gasteiger partial charge in [-0.05, 0) is 35.4 Å². The van der Waals surface area contributed by atoms with Crippen LogP contribution in [-0.2, 0) is 0 Å². The molecule has 3 heteroatoms. The first-order valence-electron chi connectivity index (χ1n) is 6.58. The van der Waals surface area contributed by atoms with E-state index >= 15 is 0 Å². The number of fused-ring (bicyclic) bond motifs is 1. The first kappa shape index (κ1) is 13.1. The minimum absolute atomic E-state index is 0.291. The maximum Gasteiger partial charge on any atom is 0.335 e. The lowest BCUT2D eigenvalue weighted by molar-refractivity contribution is 0.0697. The molecule has 0 aliphatic heterocycles. The Kier molecular flexibility index (Phi) is 3.48. The number of para-hydroxylation sites is 1. The first-order chi connectivity index (χ1) is 10.2. The van der Waals surface area contributed by atoms with E-state index in [0.717, 1.165) is 22.0 Å². The molecule has 0 aliphatic carbocycles.